The third-order valence-corrected chi connectivity index (χ3v) is 8.58. The second-order valence-electron chi connectivity index (χ2n) is 10.1. The van der Waals surface area contributed by atoms with Gasteiger partial charge in [0.05, 0.1) is 16.3 Å². The van der Waals surface area contributed by atoms with Crippen LogP contribution < -0.4 is 11.2 Å². The summed E-state index contributed by atoms with van der Waals surface area (Å²) in [6.07, 6.45) is 1.96. The van der Waals surface area contributed by atoms with Gasteiger partial charge < -0.3 is 9.88 Å². The number of thioether (sulfide) groups is 1. The summed E-state index contributed by atoms with van der Waals surface area (Å²) in [6.45, 7) is 6.93. The molecule has 0 bridgehead atoms. The van der Waals surface area contributed by atoms with E-state index in [1.54, 1.807) is 11.6 Å². The number of H-pyrrole nitrogens is 1. The van der Waals surface area contributed by atoms with E-state index in [4.69, 9.17) is 4.98 Å². The number of carbonyl (C=O) groups is 1. The Balaban J connectivity index is 1.25. The molecule has 1 saturated heterocycles. The van der Waals surface area contributed by atoms with E-state index in [1.165, 1.54) is 17.3 Å². The minimum absolute atomic E-state index is 0.0235. The fraction of sp³-hybridized carbons (Fsp3) is 0.379. The number of nitrogens with zero attached hydrogens (tertiary/aromatic N) is 4. The Morgan fingerprint density at radius 2 is 1.76 bits per heavy atom. The summed E-state index contributed by atoms with van der Waals surface area (Å²) in [4.78, 5) is 48.6. The lowest BCUT2D eigenvalue weighted by Gasteiger charge is -2.34. The topological polar surface area (TPSA) is 93.0 Å². The zero-order valence-corrected chi connectivity index (χ0v) is 23.0. The summed E-state index contributed by atoms with van der Waals surface area (Å²) < 4.78 is 3.39. The number of imidazole rings is 1. The summed E-state index contributed by atoms with van der Waals surface area (Å²) in [5.41, 5.74) is 5.17. The van der Waals surface area contributed by atoms with Gasteiger partial charge in [0, 0.05) is 43.9 Å². The van der Waals surface area contributed by atoms with Gasteiger partial charge in [-0.15, -0.1) is 0 Å². The summed E-state index contributed by atoms with van der Waals surface area (Å²) in [5, 5.41) is 0.157. The Morgan fingerprint density at radius 3 is 2.47 bits per heavy atom. The Morgan fingerprint density at radius 1 is 1.08 bits per heavy atom. The molecule has 1 aliphatic rings. The number of hydrogen-bond donors (Lipinski definition) is 1. The normalized spacial score (nSPS) is 15.2. The molecular formula is C29H33N5O3S. The molecule has 2 aromatic heterocycles. The van der Waals surface area contributed by atoms with Crippen LogP contribution in [-0.2, 0) is 18.3 Å². The summed E-state index contributed by atoms with van der Waals surface area (Å²) in [5.74, 6) is 0.0235. The predicted octanol–water partition coefficient (Wildman–Crippen LogP) is 3.98. The van der Waals surface area contributed by atoms with E-state index in [9.17, 15) is 14.4 Å². The Hall–Kier alpha value is -3.59. The van der Waals surface area contributed by atoms with Crippen molar-refractivity contribution >= 4 is 28.7 Å². The van der Waals surface area contributed by atoms with Crippen LogP contribution in [0.1, 0.15) is 48.2 Å². The average Bonchev–Trinajstić information content (AvgIpc) is 3.26. The molecule has 4 aromatic rings. The molecule has 3 heterocycles. The van der Waals surface area contributed by atoms with Crippen LogP contribution in [0.5, 0.6) is 0 Å². The maximum absolute atomic E-state index is 13.3. The summed E-state index contributed by atoms with van der Waals surface area (Å²) >= 11 is 1.32. The van der Waals surface area contributed by atoms with Crippen molar-refractivity contribution in [2.24, 2.45) is 7.05 Å². The number of hydrogen-bond acceptors (Lipinski definition) is 5. The highest BCUT2D eigenvalue weighted by Crippen LogP contribution is 2.28. The quantitative estimate of drug-likeness (QED) is 0.300. The van der Waals surface area contributed by atoms with Gasteiger partial charge in [-0.25, -0.2) is 9.78 Å². The van der Waals surface area contributed by atoms with E-state index in [-0.39, 0.29) is 28.4 Å². The van der Waals surface area contributed by atoms with Crippen molar-refractivity contribution in [2.45, 2.75) is 56.5 Å². The number of likely N-dealkylation sites (tertiary alicyclic amines) is 1. The predicted molar refractivity (Wildman–Crippen MR) is 151 cm³/mol. The van der Waals surface area contributed by atoms with Crippen molar-refractivity contribution in [1.29, 1.82) is 0 Å². The zero-order chi connectivity index (χ0) is 27.0. The van der Waals surface area contributed by atoms with Crippen LogP contribution in [0.4, 0.5) is 0 Å². The van der Waals surface area contributed by atoms with Crippen LogP contribution in [0.3, 0.4) is 0 Å². The lowest BCUT2D eigenvalue weighted by molar-refractivity contribution is -0.131. The van der Waals surface area contributed by atoms with Gasteiger partial charge >= 0.3 is 5.69 Å². The van der Waals surface area contributed by atoms with Crippen molar-refractivity contribution < 1.29 is 4.79 Å². The lowest BCUT2D eigenvalue weighted by atomic mass is 10.0. The Bertz CT molecular complexity index is 1590. The molecule has 0 aliphatic carbocycles. The van der Waals surface area contributed by atoms with Gasteiger partial charge in [-0.2, -0.15) is 0 Å². The number of aromatic amines is 1. The zero-order valence-electron chi connectivity index (χ0n) is 22.2. The molecule has 5 rings (SSSR count). The number of rotatable bonds is 6. The molecule has 198 valence electrons. The van der Waals surface area contributed by atoms with Crippen molar-refractivity contribution in [1.82, 2.24) is 24.0 Å². The molecule has 0 saturated carbocycles. The van der Waals surface area contributed by atoms with E-state index < -0.39 is 0 Å². The number of nitrogens with one attached hydrogen (secondary N) is 1. The number of aryl methyl sites for hydroxylation is 2. The smallest absolute Gasteiger partial charge is 0.326 e. The van der Waals surface area contributed by atoms with Crippen LogP contribution in [-0.4, -0.2) is 48.2 Å². The van der Waals surface area contributed by atoms with Crippen LogP contribution in [0.2, 0.25) is 0 Å². The van der Waals surface area contributed by atoms with Crippen molar-refractivity contribution in [3.05, 3.63) is 91.8 Å². The largest absolute Gasteiger partial charge is 0.342 e. The molecule has 1 fully saturated rings. The maximum Gasteiger partial charge on any atom is 0.326 e. The third-order valence-electron chi connectivity index (χ3n) is 7.45. The van der Waals surface area contributed by atoms with E-state index in [1.807, 2.05) is 78.8 Å². The van der Waals surface area contributed by atoms with Crippen molar-refractivity contribution in [3.63, 3.8) is 0 Å². The number of para-hydroxylation sites is 2. The number of benzene rings is 2. The first-order valence-corrected chi connectivity index (χ1v) is 13.9. The molecule has 1 amide bonds. The van der Waals surface area contributed by atoms with Crippen LogP contribution >= 0.6 is 11.8 Å². The van der Waals surface area contributed by atoms with Gasteiger partial charge in [0.1, 0.15) is 0 Å². The third kappa shape index (κ3) is 5.07. The number of fused-ring (bicyclic) bond motifs is 1. The fourth-order valence-electron chi connectivity index (χ4n) is 5.20. The molecule has 1 atom stereocenters. The van der Waals surface area contributed by atoms with E-state index >= 15 is 0 Å². The fourth-order valence-corrected chi connectivity index (χ4v) is 6.19. The van der Waals surface area contributed by atoms with Gasteiger partial charge in [-0.05, 0) is 51.3 Å². The monoisotopic (exact) mass is 531 g/mol. The minimum atomic E-state index is -0.386. The molecule has 0 radical (unpaired) electrons. The number of carbonyl (C=O) groups excluding carboxylic acids is 1. The van der Waals surface area contributed by atoms with Crippen molar-refractivity contribution in [3.8, 4) is 0 Å². The molecule has 9 heteroatoms. The number of piperidine rings is 1. The lowest BCUT2D eigenvalue weighted by Crippen LogP contribution is -2.43. The Kier molecular flexibility index (Phi) is 7.29. The summed E-state index contributed by atoms with van der Waals surface area (Å²) in [6, 6.07) is 15.9. The number of aromatic nitrogens is 4. The molecule has 2 aromatic carbocycles. The van der Waals surface area contributed by atoms with Crippen LogP contribution in [0.25, 0.3) is 11.0 Å². The maximum atomic E-state index is 13.3. The summed E-state index contributed by atoms with van der Waals surface area (Å²) in [7, 11) is 1.72. The molecule has 1 aliphatic heterocycles. The van der Waals surface area contributed by atoms with Gasteiger partial charge in [0.25, 0.3) is 5.56 Å². The Labute approximate surface area is 225 Å². The number of amides is 1. The standard InChI is InChI=1S/C29H33N5O3S/c1-18-9-11-21(12-10-18)17-23-19(2)30-29(32(4)27(23)36)38-20(3)26(35)33-15-13-22(14-16-33)34-25-8-6-5-7-24(25)31-28(34)37/h5-12,20,22H,13-17H2,1-4H3,(H,31,37). The molecule has 0 spiro atoms. The molecule has 38 heavy (non-hydrogen) atoms. The van der Waals surface area contributed by atoms with Crippen molar-refractivity contribution in [2.75, 3.05) is 13.1 Å². The average molecular weight is 532 g/mol. The molecule has 1 unspecified atom stereocenters. The second-order valence-corrected chi connectivity index (χ2v) is 11.4. The highest BCUT2D eigenvalue weighted by Gasteiger charge is 2.29. The van der Waals surface area contributed by atoms with E-state index in [0.29, 0.717) is 48.8 Å². The molecule has 8 nitrogen and oxygen atoms in total. The van der Waals surface area contributed by atoms with Gasteiger partial charge in [0.15, 0.2) is 5.16 Å². The highest BCUT2D eigenvalue weighted by molar-refractivity contribution is 8.00. The van der Waals surface area contributed by atoms with Crippen LogP contribution in [0, 0.1) is 13.8 Å². The van der Waals surface area contributed by atoms with Gasteiger partial charge in [-0.3, -0.25) is 18.7 Å². The first kappa shape index (κ1) is 26.0. The SMILES string of the molecule is Cc1ccc(Cc2c(C)nc(SC(C)C(=O)N3CCC(n4c(=O)[nH]c5ccccc54)CC3)n(C)c2=O)cc1. The van der Waals surface area contributed by atoms with Crippen LogP contribution in [0.15, 0.2) is 63.3 Å². The van der Waals surface area contributed by atoms with E-state index in [0.717, 1.165) is 16.6 Å². The van der Waals surface area contributed by atoms with Gasteiger partial charge in [-0.1, -0.05) is 53.7 Å². The molecule has 1 N–H and O–H groups in total. The molecular weight excluding hydrogens is 498 g/mol. The highest BCUT2D eigenvalue weighted by atomic mass is 32.2. The minimum Gasteiger partial charge on any atom is -0.342 e. The first-order chi connectivity index (χ1) is 18.2. The second kappa shape index (κ2) is 10.6. The first-order valence-electron chi connectivity index (χ1n) is 13.0. The van der Waals surface area contributed by atoms with Gasteiger partial charge in [0.2, 0.25) is 5.91 Å². The van der Waals surface area contributed by atoms with E-state index in [2.05, 4.69) is 4.98 Å².